The first-order chi connectivity index (χ1) is 14.1. The zero-order valence-electron chi connectivity index (χ0n) is 16.1. The van der Waals surface area contributed by atoms with Gasteiger partial charge in [-0.3, -0.25) is 9.59 Å². The largest absolute Gasteiger partial charge is 0.480 e. The van der Waals surface area contributed by atoms with Crippen LogP contribution in [0.15, 0.2) is 54.6 Å². The van der Waals surface area contributed by atoms with E-state index in [1.807, 2.05) is 0 Å². The molecule has 9 heteroatoms. The number of amides is 2. The Balaban J connectivity index is 2.11. The van der Waals surface area contributed by atoms with Gasteiger partial charge in [0.25, 0.3) is 0 Å². The molecule has 160 valence electrons. The fraction of sp³-hybridized carbons (Fsp3) is 0.286. The monoisotopic (exact) mass is 422 g/mol. The smallest absolute Gasteiger partial charge is 0.416 e. The van der Waals surface area contributed by atoms with E-state index in [0.717, 1.165) is 17.7 Å². The molecule has 2 aromatic carbocycles. The Labute approximate surface area is 171 Å². The molecule has 0 heterocycles. The number of hydrogen-bond donors (Lipinski definition) is 3. The van der Waals surface area contributed by atoms with E-state index in [4.69, 9.17) is 0 Å². The Bertz CT molecular complexity index is 883. The normalized spacial score (nSPS) is 13.2. The van der Waals surface area contributed by atoms with E-state index in [-0.39, 0.29) is 12.8 Å². The molecule has 0 aliphatic carbocycles. The average molecular weight is 422 g/mol. The number of carbonyl (C=O) groups excluding carboxylic acids is 2. The first-order valence-electron chi connectivity index (χ1n) is 9.06. The molecule has 2 atom stereocenters. The van der Waals surface area contributed by atoms with Crippen molar-refractivity contribution in [1.29, 1.82) is 0 Å². The number of nitrogens with one attached hydrogen (secondary N) is 2. The molecule has 30 heavy (non-hydrogen) atoms. The zero-order valence-corrected chi connectivity index (χ0v) is 16.1. The summed E-state index contributed by atoms with van der Waals surface area (Å²) in [6.07, 6.45) is -4.56. The van der Waals surface area contributed by atoms with Gasteiger partial charge < -0.3 is 15.7 Å². The van der Waals surface area contributed by atoms with Crippen molar-refractivity contribution in [2.75, 3.05) is 0 Å². The summed E-state index contributed by atoms with van der Waals surface area (Å²) in [6.45, 7) is 1.24. The number of aliphatic carboxylic acids is 1. The Morgan fingerprint density at radius 2 is 1.40 bits per heavy atom. The number of hydrogen-bond acceptors (Lipinski definition) is 3. The average Bonchev–Trinajstić information content (AvgIpc) is 2.67. The topological polar surface area (TPSA) is 95.5 Å². The predicted molar refractivity (Wildman–Crippen MR) is 102 cm³/mol. The number of alkyl halides is 3. The third kappa shape index (κ3) is 6.91. The lowest BCUT2D eigenvalue weighted by molar-refractivity contribution is -0.142. The highest BCUT2D eigenvalue weighted by molar-refractivity contribution is 5.90. The number of carboxylic acids is 1. The summed E-state index contributed by atoms with van der Waals surface area (Å²) < 4.78 is 38.0. The van der Waals surface area contributed by atoms with E-state index in [1.165, 1.54) is 19.1 Å². The Morgan fingerprint density at radius 3 is 1.90 bits per heavy atom. The van der Waals surface area contributed by atoms with E-state index in [9.17, 15) is 32.7 Å². The molecule has 0 aliphatic heterocycles. The molecule has 2 amide bonds. The van der Waals surface area contributed by atoms with Crippen LogP contribution in [0.1, 0.15) is 23.6 Å². The maximum absolute atomic E-state index is 12.7. The second-order valence-electron chi connectivity index (χ2n) is 6.74. The molecule has 0 aliphatic rings. The Hall–Kier alpha value is -3.36. The summed E-state index contributed by atoms with van der Waals surface area (Å²) in [5.41, 5.74) is 0.228. The minimum Gasteiger partial charge on any atom is -0.480 e. The van der Waals surface area contributed by atoms with Gasteiger partial charge in [0.1, 0.15) is 12.1 Å². The molecule has 2 rings (SSSR count). The molecule has 2 aromatic rings. The summed E-state index contributed by atoms with van der Waals surface area (Å²) in [5, 5.41) is 14.3. The third-order valence-corrected chi connectivity index (χ3v) is 4.31. The van der Waals surface area contributed by atoms with Gasteiger partial charge in [-0.2, -0.15) is 13.2 Å². The number of rotatable bonds is 8. The van der Waals surface area contributed by atoms with E-state index in [2.05, 4.69) is 10.6 Å². The van der Waals surface area contributed by atoms with Crippen molar-refractivity contribution < 1.29 is 32.7 Å². The second-order valence-corrected chi connectivity index (χ2v) is 6.74. The minimum atomic E-state index is -4.50. The number of carbonyl (C=O) groups is 3. The number of halogens is 3. The lowest BCUT2D eigenvalue weighted by atomic mass is 10.0. The second kappa shape index (κ2) is 9.91. The molecule has 0 bridgehead atoms. The van der Waals surface area contributed by atoms with Gasteiger partial charge in [-0.15, -0.1) is 0 Å². The Kier molecular flexibility index (Phi) is 7.57. The van der Waals surface area contributed by atoms with Crippen LogP contribution in [0.2, 0.25) is 0 Å². The highest BCUT2D eigenvalue weighted by Gasteiger charge is 2.30. The fourth-order valence-corrected chi connectivity index (χ4v) is 2.84. The van der Waals surface area contributed by atoms with Crippen LogP contribution in [0, 0.1) is 0 Å². The third-order valence-electron chi connectivity index (χ3n) is 4.31. The predicted octanol–water partition coefficient (Wildman–Crippen LogP) is 2.56. The maximum atomic E-state index is 12.7. The highest BCUT2D eigenvalue weighted by Crippen LogP contribution is 2.29. The van der Waals surface area contributed by atoms with Gasteiger partial charge in [0.2, 0.25) is 11.8 Å². The molecular weight excluding hydrogens is 401 g/mol. The first-order valence-corrected chi connectivity index (χ1v) is 9.06. The summed E-state index contributed by atoms with van der Waals surface area (Å²) >= 11 is 0. The molecule has 0 aromatic heterocycles. The summed E-state index contributed by atoms with van der Waals surface area (Å²) in [4.78, 5) is 35.7. The maximum Gasteiger partial charge on any atom is 0.416 e. The molecule has 0 saturated heterocycles. The van der Waals surface area contributed by atoms with Crippen LogP contribution in [0.25, 0.3) is 0 Å². The van der Waals surface area contributed by atoms with Gasteiger partial charge >= 0.3 is 12.1 Å². The summed E-state index contributed by atoms with van der Waals surface area (Å²) in [6, 6.07) is 10.5. The van der Waals surface area contributed by atoms with Gasteiger partial charge in [0.05, 0.1) is 5.56 Å². The van der Waals surface area contributed by atoms with E-state index in [0.29, 0.717) is 5.56 Å². The van der Waals surface area contributed by atoms with Crippen LogP contribution >= 0.6 is 0 Å². The molecule has 0 fully saturated rings. The van der Waals surface area contributed by atoms with Crippen molar-refractivity contribution in [3.63, 3.8) is 0 Å². The fourth-order valence-electron chi connectivity index (χ4n) is 2.84. The van der Waals surface area contributed by atoms with Crippen LogP contribution in [0.4, 0.5) is 13.2 Å². The van der Waals surface area contributed by atoms with Crippen molar-refractivity contribution in [3.05, 3.63) is 71.3 Å². The molecule has 0 spiro atoms. The lowest BCUT2D eigenvalue weighted by Crippen LogP contribution is -2.52. The Morgan fingerprint density at radius 1 is 0.867 bits per heavy atom. The van der Waals surface area contributed by atoms with Gasteiger partial charge in [-0.1, -0.05) is 42.5 Å². The van der Waals surface area contributed by atoms with Crippen LogP contribution in [0.5, 0.6) is 0 Å². The molecule has 0 unspecified atom stereocenters. The van der Waals surface area contributed by atoms with Gasteiger partial charge in [0.15, 0.2) is 0 Å². The summed E-state index contributed by atoms with van der Waals surface area (Å²) in [7, 11) is 0. The zero-order chi connectivity index (χ0) is 22.3. The van der Waals surface area contributed by atoms with Crippen LogP contribution < -0.4 is 10.6 Å². The van der Waals surface area contributed by atoms with Crippen molar-refractivity contribution in [2.45, 2.75) is 38.0 Å². The van der Waals surface area contributed by atoms with Crippen molar-refractivity contribution in [3.8, 4) is 0 Å². The number of carboxylic acid groups (broad SMARTS) is 1. The molecule has 0 saturated carbocycles. The van der Waals surface area contributed by atoms with Crippen molar-refractivity contribution in [1.82, 2.24) is 10.6 Å². The van der Waals surface area contributed by atoms with Crippen LogP contribution in [0.3, 0.4) is 0 Å². The molecule has 3 N–H and O–H groups in total. The quantitative estimate of drug-likeness (QED) is 0.609. The van der Waals surface area contributed by atoms with Gasteiger partial charge in [-0.25, -0.2) is 4.79 Å². The standard InChI is InChI=1S/C21H21F3N2O4/c1-13(27)25-17(11-14-5-3-2-4-6-14)19(28)26-18(20(29)30)12-15-7-9-16(10-8-15)21(22,23)24/h2-10,17-18H,11-12H2,1H3,(H,25,27)(H,26,28)(H,29,30)/t17-,18+/m0/s1. The van der Waals surface area contributed by atoms with Gasteiger partial charge in [-0.05, 0) is 23.3 Å². The summed E-state index contributed by atoms with van der Waals surface area (Å²) in [5.74, 6) is -2.50. The molecular formula is C21H21F3N2O4. The van der Waals surface area contributed by atoms with E-state index >= 15 is 0 Å². The molecule has 6 nitrogen and oxygen atoms in total. The first kappa shape index (κ1) is 22.9. The van der Waals surface area contributed by atoms with E-state index in [1.54, 1.807) is 30.3 Å². The lowest BCUT2D eigenvalue weighted by Gasteiger charge is -2.21. The van der Waals surface area contributed by atoms with Crippen molar-refractivity contribution in [2.24, 2.45) is 0 Å². The van der Waals surface area contributed by atoms with Crippen LogP contribution in [-0.4, -0.2) is 35.0 Å². The number of benzene rings is 2. The molecule has 0 radical (unpaired) electrons. The van der Waals surface area contributed by atoms with Crippen LogP contribution in [-0.2, 0) is 33.4 Å². The van der Waals surface area contributed by atoms with Gasteiger partial charge in [0, 0.05) is 19.8 Å². The highest BCUT2D eigenvalue weighted by atomic mass is 19.4. The minimum absolute atomic E-state index is 0.152. The SMILES string of the molecule is CC(=O)N[C@@H](Cc1ccccc1)C(=O)N[C@H](Cc1ccc(C(F)(F)F)cc1)C(=O)O. The van der Waals surface area contributed by atoms with E-state index < -0.39 is 41.6 Å². The van der Waals surface area contributed by atoms with Crippen molar-refractivity contribution >= 4 is 17.8 Å².